The molecule has 5 nitrogen and oxygen atoms in total. The van der Waals surface area contributed by atoms with Crippen molar-refractivity contribution in [1.29, 1.82) is 0 Å². The first-order valence-corrected chi connectivity index (χ1v) is 6.74. The molecule has 1 atom stereocenters. The molecule has 0 spiro atoms. The van der Waals surface area contributed by atoms with E-state index in [0.717, 1.165) is 5.69 Å². The summed E-state index contributed by atoms with van der Waals surface area (Å²) in [5.41, 5.74) is 0.802. The van der Waals surface area contributed by atoms with Gasteiger partial charge in [0, 0.05) is 12.1 Å². The summed E-state index contributed by atoms with van der Waals surface area (Å²) in [5, 5.41) is 2.73. The van der Waals surface area contributed by atoms with Crippen LogP contribution in [0.4, 0.5) is 10.5 Å². The number of ether oxygens (including phenoxy) is 1. The maximum atomic E-state index is 11.7. The van der Waals surface area contributed by atoms with Crippen LogP contribution in [-0.4, -0.2) is 36.9 Å². The highest BCUT2D eigenvalue weighted by molar-refractivity contribution is 7.80. The molecule has 1 aliphatic heterocycles. The fourth-order valence-electron chi connectivity index (χ4n) is 1.86. The normalized spacial score (nSPS) is 18.3. The summed E-state index contributed by atoms with van der Waals surface area (Å²) in [6, 6.07) is 9.32. The molecule has 19 heavy (non-hydrogen) atoms. The SMILES string of the molecule is O=C(CCS)NCC1CN(c2ccccc2)C(=O)O1. The lowest BCUT2D eigenvalue weighted by Gasteiger charge is -2.12. The van der Waals surface area contributed by atoms with Crippen LogP contribution in [0.2, 0.25) is 0 Å². The fourth-order valence-corrected chi connectivity index (χ4v) is 2.07. The highest BCUT2D eigenvalue weighted by atomic mass is 32.1. The van der Waals surface area contributed by atoms with E-state index in [2.05, 4.69) is 17.9 Å². The molecule has 1 N–H and O–H groups in total. The van der Waals surface area contributed by atoms with E-state index in [1.807, 2.05) is 30.3 Å². The van der Waals surface area contributed by atoms with Gasteiger partial charge in [-0.15, -0.1) is 0 Å². The molecule has 1 heterocycles. The molecule has 1 aromatic rings. The Bertz CT molecular complexity index is 452. The van der Waals surface area contributed by atoms with Gasteiger partial charge in [0.1, 0.15) is 6.10 Å². The topological polar surface area (TPSA) is 58.6 Å². The van der Waals surface area contributed by atoms with Crippen LogP contribution >= 0.6 is 12.6 Å². The zero-order valence-electron chi connectivity index (χ0n) is 10.4. The fraction of sp³-hybridized carbons (Fsp3) is 0.385. The van der Waals surface area contributed by atoms with Gasteiger partial charge in [0.05, 0.1) is 13.1 Å². The molecule has 0 aromatic heterocycles. The third-order valence-corrected chi connectivity index (χ3v) is 3.03. The maximum absolute atomic E-state index is 11.7. The van der Waals surface area contributed by atoms with Crippen molar-refractivity contribution in [3.05, 3.63) is 30.3 Å². The Balaban J connectivity index is 1.88. The smallest absolute Gasteiger partial charge is 0.414 e. The van der Waals surface area contributed by atoms with Crippen molar-refractivity contribution in [3.8, 4) is 0 Å². The Hall–Kier alpha value is -1.69. The number of nitrogens with zero attached hydrogens (tertiary/aromatic N) is 1. The third-order valence-electron chi connectivity index (χ3n) is 2.81. The molecule has 1 aliphatic rings. The van der Waals surface area contributed by atoms with E-state index in [9.17, 15) is 9.59 Å². The Labute approximate surface area is 117 Å². The monoisotopic (exact) mass is 280 g/mol. The summed E-state index contributed by atoms with van der Waals surface area (Å²) < 4.78 is 5.21. The van der Waals surface area contributed by atoms with E-state index < -0.39 is 0 Å². The average Bonchev–Trinajstić information content (AvgIpc) is 2.79. The zero-order valence-corrected chi connectivity index (χ0v) is 11.3. The van der Waals surface area contributed by atoms with Gasteiger partial charge in [0.2, 0.25) is 5.91 Å². The second-order valence-electron chi connectivity index (χ2n) is 4.23. The molecule has 2 rings (SSSR count). The quantitative estimate of drug-likeness (QED) is 0.803. The van der Waals surface area contributed by atoms with Gasteiger partial charge in [-0.1, -0.05) is 18.2 Å². The number of benzene rings is 1. The predicted molar refractivity (Wildman–Crippen MR) is 75.5 cm³/mol. The third kappa shape index (κ3) is 3.64. The van der Waals surface area contributed by atoms with Crippen molar-refractivity contribution in [2.75, 3.05) is 23.7 Å². The minimum atomic E-state index is -0.375. The second kappa shape index (κ2) is 6.47. The Kier molecular flexibility index (Phi) is 4.68. The number of thiol groups is 1. The molecule has 0 saturated carbocycles. The van der Waals surface area contributed by atoms with E-state index >= 15 is 0 Å². The molecule has 0 radical (unpaired) electrons. The van der Waals surface area contributed by atoms with Crippen molar-refractivity contribution in [2.45, 2.75) is 12.5 Å². The van der Waals surface area contributed by atoms with Crippen molar-refractivity contribution in [2.24, 2.45) is 0 Å². The van der Waals surface area contributed by atoms with Crippen LogP contribution in [-0.2, 0) is 9.53 Å². The van der Waals surface area contributed by atoms with E-state index in [1.54, 1.807) is 4.90 Å². The molecule has 1 aromatic carbocycles. The van der Waals surface area contributed by atoms with Crippen LogP contribution < -0.4 is 10.2 Å². The highest BCUT2D eigenvalue weighted by Crippen LogP contribution is 2.20. The highest BCUT2D eigenvalue weighted by Gasteiger charge is 2.32. The van der Waals surface area contributed by atoms with Crippen molar-refractivity contribution in [1.82, 2.24) is 5.32 Å². The minimum Gasteiger partial charge on any atom is -0.442 e. The molecule has 1 saturated heterocycles. The van der Waals surface area contributed by atoms with Crippen molar-refractivity contribution in [3.63, 3.8) is 0 Å². The first-order valence-electron chi connectivity index (χ1n) is 6.11. The molecule has 102 valence electrons. The molecular formula is C13H16N2O3S. The van der Waals surface area contributed by atoms with E-state index in [4.69, 9.17) is 4.74 Å². The summed E-state index contributed by atoms with van der Waals surface area (Å²) in [7, 11) is 0. The maximum Gasteiger partial charge on any atom is 0.414 e. The van der Waals surface area contributed by atoms with E-state index in [0.29, 0.717) is 25.3 Å². The number of hydrogen-bond acceptors (Lipinski definition) is 4. The number of carbonyl (C=O) groups excluding carboxylic acids is 2. The van der Waals surface area contributed by atoms with Crippen molar-refractivity contribution < 1.29 is 14.3 Å². The van der Waals surface area contributed by atoms with Gasteiger partial charge in [-0.05, 0) is 17.9 Å². The van der Waals surface area contributed by atoms with Gasteiger partial charge in [-0.25, -0.2) is 4.79 Å². The number of nitrogens with one attached hydrogen (secondary N) is 1. The molecule has 1 fully saturated rings. The van der Waals surface area contributed by atoms with Crippen LogP contribution in [0, 0.1) is 0 Å². The predicted octanol–water partition coefficient (Wildman–Crippen LogP) is 1.45. The van der Waals surface area contributed by atoms with Crippen molar-refractivity contribution >= 4 is 30.3 Å². The van der Waals surface area contributed by atoms with Gasteiger partial charge < -0.3 is 10.1 Å². The second-order valence-corrected chi connectivity index (χ2v) is 4.68. The first kappa shape index (κ1) is 13.7. The number of amides is 2. The number of hydrogen-bond donors (Lipinski definition) is 2. The van der Waals surface area contributed by atoms with Gasteiger partial charge >= 0.3 is 6.09 Å². The largest absolute Gasteiger partial charge is 0.442 e. The van der Waals surface area contributed by atoms with E-state index in [-0.39, 0.29) is 18.1 Å². The summed E-state index contributed by atoms with van der Waals surface area (Å²) in [5.74, 6) is 0.427. The van der Waals surface area contributed by atoms with Gasteiger partial charge in [-0.2, -0.15) is 12.6 Å². The Morgan fingerprint density at radius 2 is 2.16 bits per heavy atom. The number of para-hydroxylation sites is 1. The number of anilines is 1. The average molecular weight is 280 g/mol. The summed E-state index contributed by atoms with van der Waals surface area (Å²) in [6.45, 7) is 0.783. The van der Waals surface area contributed by atoms with Crippen LogP contribution in [0.1, 0.15) is 6.42 Å². The molecule has 1 unspecified atom stereocenters. The summed E-state index contributed by atoms with van der Waals surface area (Å²) in [6.07, 6.45) is -0.317. The summed E-state index contributed by atoms with van der Waals surface area (Å²) >= 11 is 3.98. The van der Waals surface area contributed by atoms with Crippen LogP contribution in [0.25, 0.3) is 0 Å². The Morgan fingerprint density at radius 3 is 2.84 bits per heavy atom. The lowest BCUT2D eigenvalue weighted by Crippen LogP contribution is -2.34. The number of rotatable bonds is 5. The standard InChI is InChI=1S/C13H16N2O3S/c16-12(6-7-19)14-8-11-9-15(13(17)18-11)10-4-2-1-3-5-10/h1-5,11,19H,6-9H2,(H,14,16). The van der Waals surface area contributed by atoms with Crippen LogP contribution in [0.15, 0.2) is 30.3 Å². The Morgan fingerprint density at radius 1 is 1.42 bits per heavy atom. The van der Waals surface area contributed by atoms with Gasteiger partial charge in [0.25, 0.3) is 0 Å². The molecule has 0 bridgehead atoms. The van der Waals surface area contributed by atoms with Gasteiger partial charge in [0.15, 0.2) is 0 Å². The van der Waals surface area contributed by atoms with Crippen LogP contribution in [0.3, 0.4) is 0 Å². The molecular weight excluding hydrogens is 264 g/mol. The van der Waals surface area contributed by atoms with E-state index in [1.165, 1.54) is 0 Å². The zero-order chi connectivity index (χ0) is 13.7. The number of carbonyl (C=O) groups is 2. The molecule has 2 amide bonds. The lowest BCUT2D eigenvalue weighted by molar-refractivity contribution is -0.121. The summed E-state index contributed by atoms with van der Waals surface area (Å²) in [4.78, 5) is 24.6. The lowest BCUT2D eigenvalue weighted by atomic mass is 10.2. The molecule has 0 aliphatic carbocycles. The van der Waals surface area contributed by atoms with Crippen LogP contribution in [0.5, 0.6) is 0 Å². The minimum absolute atomic E-state index is 0.0794. The number of cyclic esters (lactones) is 1. The van der Waals surface area contributed by atoms with Gasteiger partial charge in [-0.3, -0.25) is 9.69 Å². The molecule has 6 heteroatoms. The first-order chi connectivity index (χ1) is 9.20.